The first-order valence-electron chi connectivity index (χ1n) is 7.83. The second-order valence-corrected chi connectivity index (χ2v) is 7.52. The summed E-state index contributed by atoms with van der Waals surface area (Å²) in [4.78, 5) is 29.7. The summed E-state index contributed by atoms with van der Waals surface area (Å²) in [7, 11) is 1.48. The molecule has 148 valence electrons. The van der Waals surface area contributed by atoms with Crippen molar-refractivity contribution in [3.05, 3.63) is 18.2 Å². The number of benzene rings is 1. The van der Waals surface area contributed by atoms with Gasteiger partial charge in [-0.15, -0.1) is 13.2 Å². The third-order valence-electron chi connectivity index (χ3n) is 3.66. The van der Waals surface area contributed by atoms with Gasteiger partial charge in [-0.1, -0.05) is 11.3 Å². The lowest BCUT2D eigenvalue weighted by Crippen LogP contribution is -2.45. The molecule has 7 nitrogen and oxygen atoms in total. The molecule has 0 unspecified atom stereocenters. The highest BCUT2D eigenvalue weighted by atomic mass is 32.1. The smallest absolute Gasteiger partial charge is 0.406 e. The Morgan fingerprint density at radius 2 is 2.00 bits per heavy atom. The van der Waals surface area contributed by atoms with E-state index in [4.69, 9.17) is 5.73 Å². The SMILES string of the molecule is CN(CC(=O)Nc1nc2ccc(OC(F)(F)F)cc2s1)C(=O)C(C)(C)CN. The van der Waals surface area contributed by atoms with Crippen LogP contribution in [0.1, 0.15) is 13.8 Å². The van der Waals surface area contributed by atoms with E-state index in [0.29, 0.717) is 10.2 Å². The van der Waals surface area contributed by atoms with E-state index in [9.17, 15) is 22.8 Å². The van der Waals surface area contributed by atoms with Crippen LogP contribution in [0.25, 0.3) is 10.2 Å². The molecule has 1 aromatic carbocycles. The van der Waals surface area contributed by atoms with Crippen LogP contribution in [0.4, 0.5) is 18.3 Å². The van der Waals surface area contributed by atoms with Gasteiger partial charge in [0, 0.05) is 19.7 Å². The van der Waals surface area contributed by atoms with E-state index in [2.05, 4.69) is 15.0 Å². The molecule has 0 fully saturated rings. The molecule has 0 aliphatic carbocycles. The molecule has 11 heteroatoms. The van der Waals surface area contributed by atoms with E-state index < -0.39 is 17.7 Å². The Morgan fingerprint density at radius 1 is 1.33 bits per heavy atom. The maximum absolute atomic E-state index is 12.3. The number of thiazole rings is 1. The van der Waals surface area contributed by atoms with Gasteiger partial charge >= 0.3 is 6.36 Å². The molecule has 2 amide bonds. The molecule has 0 spiro atoms. The second kappa shape index (κ2) is 7.69. The van der Waals surface area contributed by atoms with Gasteiger partial charge in [0.15, 0.2) is 5.13 Å². The lowest BCUT2D eigenvalue weighted by molar-refractivity contribution is -0.274. The Balaban J connectivity index is 2.05. The number of hydrogen-bond acceptors (Lipinski definition) is 6. The minimum Gasteiger partial charge on any atom is -0.406 e. The Bertz CT molecular complexity index is 851. The number of anilines is 1. The fourth-order valence-electron chi connectivity index (χ4n) is 2.21. The van der Waals surface area contributed by atoms with Crippen molar-refractivity contribution in [3.8, 4) is 5.75 Å². The fraction of sp³-hybridized carbons (Fsp3) is 0.438. The first-order valence-corrected chi connectivity index (χ1v) is 8.65. The largest absolute Gasteiger partial charge is 0.573 e. The van der Waals surface area contributed by atoms with E-state index >= 15 is 0 Å². The minimum atomic E-state index is -4.79. The lowest BCUT2D eigenvalue weighted by atomic mass is 9.92. The normalized spacial score (nSPS) is 12.1. The maximum Gasteiger partial charge on any atom is 0.573 e. The van der Waals surface area contributed by atoms with Crippen molar-refractivity contribution in [1.82, 2.24) is 9.88 Å². The summed E-state index contributed by atoms with van der Waals surface area (Å²) in [6.07, 6.45) is -4.79. The molecule has 1 aromatic heterocycles. The van der Waals surface area contributed by atoms with E-state index in [1.165, 1.54) is 24.1 Å². The molecular weight excluding hydrogens is 385 g/mol. The van der Waals surface area contributed by atoms with Crippen LogP contribution in [0.2, 0.25) is 0 Å². The predicted molar refractivity (Wildman–Crippen MR) is 95.4 cm³/mol. The summed E-state index contributed by atoms with van der Waals surface area (Å²) in [6.45, 7) is 3.29. The number of carbonyl (C=O) groups is 2. The number of ether oxygens (including phenoxy) is 1. The number of nitrogens with zero attached hydrogens (tertiary/aromatic N) is 2. The van der Waals surface area contributed by atoms with Gasteiger partial charge in [-0.05, 0) is 26.0 Å². The van der Waals surface area contributed by atoms with Crippen LogP contribution in [0, 0.1) is 5.41 Å². The number of hydrogen-bond donors (Lipinski definition) is 2. The number of fused-ring (bicyclic) bond motifs is 1. The summed E-state index contributed by atoms with van der Waals surface area (Å²) >= 11 is 0.997. The van der Waals surface area contributed by atoms with E-state index in [-0.39, 0.29) is 29.9 Å². The highest BCUT2D eigenvalue weighted by Gasteiger charge is 2.31. The summed E-state index contributed by atoms with van der Waals surface area (Å²) in [6, 6.07) is 3.69. The standard InChI is InChI=1S/C16H19F3N4O3S/c1-15(2,8-20)13(25)23(3)7-12(24)22-14-21-10-5-4-9(6-11(10)27-14)26-16(17,18)19/h4-6H,7-8,20H2,1-3H3,(H,21,22,24). The highest BCUT2D eigenvalue weighted by Crippen LogP contribution is 2.31. The number of nitrogens with one attached hydrogen (secondary N) is 1. The first-order chi connectivity index (χ1) is 12.4. The van der Waals surface area contributed by atoms with Gasteiger partial charge in [-0.25, -0.2) is 4.98 Å². The van der Waals surface area contributed by atoms with Gasteiger partial charge in [0.25, 0.3) is 0 Å². The number of carbonyl (C=O) groups excluding carboxylic acids is 2. The van der Waals surface area contributed by atoms with Crippen LogP contribution >= 0.6 is 11.3 Å². The van der Waals surface area contributed by atoms with Crippen molar-refractivity contribution < 1.29 is 27.5 Å². The summed E-state index contributed by atoms with van der Waals surface area (Å²) in [5, 5.41) is 2.74. The predicted octanol–water partition coefficient (Wildman–Crippen LogP) is 2.58. The van der Waals surface area contributed by atoms with Gasteiger partial charge < -0.3 is 20.7 Å². The van der Waals surface area contributed by atoms with E-state index in [1.807, 2.05) is 0 Å². The molecule has 2 aromatic rings. The van der Waals surface area contributed by atoms with Crippen molar-refractivity contribution in [2.75, 3.05) is 25.5 Å². The number of likely N-dealkylation sites (N-methyl/N-ethyl adjacent to an activating group) is 1. The third-order valence-corrected chi connectivity index (χ3v) is 4.59. The third kappa shape index (κ3) is 5.54. The maximum atomic E-state index is 12.3. The van der Waals surface area contributed by atoms with Crippen LogP contribution in [-0.2, 0) is 9.59 Å². The molecule has 27 heavy (non-hydrogen) atoms. The summed E-state index contributed by atoms with van der Waals surface area (Å²) in [5.74, 6) is -1.13. The fourth-order valence-corrected chi connectivity index (χ4v) is 3.12. The second-order valence-electron chi connectivity index (χ2n) is 6.49. The zero-order chi connectivity index (χ0) is 20.4. The molecule has 0 aliphatic heterocycles. The van der Waals surface area contributed by atoms with Crippen molar-refractivity contribution in [2.45, 2.75) is 20.2 Å². The van der Waals surface area contributed by atoms with Gasteiger partial charge in [0.05, 0.1) is 22.2 Å². The van der Waals surface area contributed by atoms with Crippen molar-refractivity contribution in [3.63, 3.8) is 0 Å². The molecule has 0 bridgehead atoms. The Labute approximate surface area is 157 Å². The van der Waals surface area contributed by atoms with Gasteiger partial charge in [0.1, 0.15) is 5.75 Å². The molecule has 2 rings (SSSR count). The molecule has 0 atom stereocenters. The van der Waals surface area contributed by atoms with Crippen molar-refractivity contribution in [1.29, 1.82) is 0 Å². The van der Waals surface area contributed by atoms with E-state index in [1.54, 1.807) is 13.8 Å². The van der Waals surface area contributed by atoms with Crippen molar-refractivity contribution >= 4 is 38.5 Å². The number of halogens is 3. The quantitative estimate of drug-likeness (QED) is 0.771. The lowest BCUT2D eigenvalue weighted by Gasteiger charge is -2.27. The topological polar surface area (TPSA) is 97.5 Å². The van der Waals surface area contributed by atoms with Gasteiger partial charge in [-0.2, -0.15) is 0 Å². The molecular formula is C16H19F3N4O3S. The van der Waals surface area contributed by atoms with E-state index in [0.717, 1.165) is 17.4 Å². The molecule has 0 saturated heterocycles. The molecule has 0 aliphatic rings. The molecule has 0 radical (unpaired) electrons. The zero-order valence-corrected chi connectivity index (χ0v) is 15.7. The summed E-state index contributed by atoms with van der Waals surface area (Å²) < 4.78 is 41.1. The zero-order valence-electron chi connectivity index (χ0n) is 14.9. The van der Waals surface area contributed by atoms with Gasteiger partial charge in [0.2, 0.25) is 11.8 Å². The van der Waals surface area contributed by atoms with Gasteiger partial charge in [-0.3, -0.25) is 9.59 Å². The monoisotopic (exact) mass is 404 g/mol. The van der Waals surface area contributed by atoms with Crippen LogP contribution < -0.4 is 15.8 Å². The number of alkyl halides is 3. The molecule has 0 saturated carbocycles. The first kappa shape index (κ1) is 20.9. The number of aromatic nitrogens is 1. The number of nitrogens with two attached hydrogens (primary N) is 1. The Hall–Kier alpha value is -2.40. The van der Waals surface area contributed by atoms with Crippen LogP contribution in [-0.4, -0.2) is 48.2 Å². The average molecular weight is 404 g/mol. The summed E-state index contributed by atoms with van der Waals surface area (Å²) in [5.41, 5.74) is 5.18. The Morgan fingerprint density at radius 3 is 2.59 bits per heavy atom. The van der Waals surface area contributed by atoms with Crippen molar-refractivity contribution in [2.24, 2.45) is 11.1 Å². The Kier molecular flexibility index (Phi) is 5.95. The molecule has 1 heterocycles. The average Bonchev–Trinajstić information content (AvgIpc) is 2.93. The van der Waals surface area contributed by atoms with Crippen LogP contribution in [0.5, 0.6) is 5.75 Å². The van der Waals surface area contributed by atoms with Crippen LogP contribution in [0.15, 0.2) is 18.2 Å². The number of amides is 2. The minimum absolute atomic E-state index is 0.137. The van der Waals surface area contributed by atoms with Crippen LogP contribution in [0.3, 0.4) is 0 Å². The highest BCUT2D eigenvalue weighted by molar-refractivity contribution is 7.22. The molecule has 3 N–H and O–H groups in total. The number of rotatable bonds is 6.